The summed E-state index contributed by atoms with van der Waals surface area (Å²) in [5, 5.41) is 2.79. The zero-order chi connectivity index (χ0) is 16.0. The molecular weight excluding hydrogens is 278 g/mol. The van der Waals surface area contributed by atoms with Crippen molar-refractivity contribution in [3.8, 4) is 0 Å². The second-order valence-corrected chi connectivity index (χ2v) is 5.57. The maximum absolute atomic E-state index is 12.5. The molecule has 1 heterocycles. The second-order valence-electron chi connectivity index (χ2n) is 5.57. The van der Waals surface area contributed by atoms with Crippen molar-refractivity contribution >= 4 is 17.6 Å². The zero-order valence-corrected chi connectivity index (χ0v) is 13.2. The molecule has 0 aromatic heterocycles. The lowest BCUT2D eigenvalue weighted by molar-refractivity contribution is -0.150. The third-order valence-corrected chi connectivity index (χ3v) is 4.12. The number of hydrogen-bond donors (Lipinski definition) is 1. The van der Waals surface area contributed by atoms with Crippen LogP contribution in [0.2, 0.25) is 0 Å². The Morgan fingerprint density at radius 1 is 1.27 bits per heavy atom. The fourth-order valence-electron chi connectivity index (χ4n) is 2.87. The van der Waals surface area contributed by atoms with Crippen molar-refractivity contribution in [2.24, 2.45) is 0 Å². The van der Waals surface area contributed by atoms with Crippen LogP contribution in [0.4, 0.5) is 5.69 Å². The number of hydrogen-bond acceptors (Lipinski definition) is 3. The quantitative estimate of drug-likeness (QED) is 0.362. The van der Waals surface area contributed by atoms with Crippen molar-refractivity contribution in [2.45, 2.75) is 44.4 Å². The molecule has 0 saturated carbocycles. The lowest BCUT2D eigenvalue weighted by Crippen LogP contribution is -2.43. The number of rotatable bonds is 7. The number of ether oxygens (including phenoxy) is 1. The van der Waals surface area contributed by atoms with Crippen molar-refractivity contribution in [1.29, 1.82) is 0 Å². The number of allylic oxidation sites excluding steroid dienone is 2. The van der Waals surface area contributed by atoms with Gasteiger partial charge in [0.15, 0.2) is 5.41 Å². The minimum Gasteiger partial charge on any atom is -0.468 e. The third kappa shape index (κ3) is 2.91. The number of para-hydroxylation sites is 1. The van der Waals surface area contributed by atoms with Gasteiger partial charge >= 0.3 is 5.97 Å². The fourth-order valence-corrected chi connectivity index (χ4v) is 2.87. The minimum atomic E-state index is -1.26. The first kappa shape index (κ1) is 16.3. The Bertz CT molecular complexity index is 569. The number of anilines is 1. The van der Waals surface area contributed by atoms with E-state index in [1.54, 1.807) is 0 Å². The van der Waals surface area contributed by atoms with Gasteiger partial charge in [0, 0.05) is 11.3 Å². The summed E-state index contributed by atoms with van der Waals surface area (Å²) in [6.07, 6.45) is 8.76. The molecule has 1 aromatic rings. The number of esters is 1. The van der Waals surface area contributed by atoms with E-state index >= 15 is 0 Å². The van der Waals surface area contributed by atoms with Gasteiger partial charge in [-0.05, 0) is 25.3 Å². The SMILES string of the molecule is CCCCC/C=C/C[C@@]1(C(=O)OC)C(=O)Nc2ccccc21. The van der Waals surface area contributed by atoms with E-state index in [0.29, 0.717) is 17.7 Å². The summed E-state index contributed by atoms with van der Waals surface area (Å²) in [7, 11) is 1.32. The summed E-state index contributed by atoms with van der Waals surface area (Å²) in [6.45, 7) is 2.16. The highest BCUT2D eigenvalue weighted by molar-refractivity contribution is 6.19. The van der Waals surface area contributed by atoms with Crippen LogP contribution in [0.25, 0.3) is 0 Å². The van der Waals surface area contributed by atoms with Crippen LogP contribution in [-0.2, 0) is 19.7 Å². The highest BCUT2D eigenvalue weighted by Crippen LogP contribution is 2.41. The Labute approximate surface area is 131 Å². The zero-order valence-electron chi connectivity index (χ0n) is 13.2. The molecule has 0 unspecified atom stereocenters. The molecule has 118 valence electrons. The van der Waals surface area contributed by atoms with E-state index < -0.39 is 11.4 Å². The largest absolute Gasteiger partial charge is 0.468 e. The molecule has 4 nitrogen and oxygen atoms in total. The van der Waals surface area contributed by atoms with Gasteiger partial charge < -0.3 is 10.1 Å². The van der Waals surface area contributed by atoms with Crippen molar-refractivity contribution in [1.82, 2.24) is 0 Å². The van der Waals surface area contributed by atoms with E-state index in [9.17, 15) is 9.59 Å². The van der Waals surface area contributed by atoms with Crippen LogP contribution in [0.5, 0.6) is 0 Å². The van der Waals surface area contributed by atoms with Crippen LogP contribution in [0.1, 0.15) is 44.6 Å². The lowest BCUT2D eigenvalue weighted by atomic mass is 9.78. The average Bonchev–Trinajstić information content (AvgIpc) is 2.83. The van der Waals surface area contributed by atoms with E-state index in [1.165, 1.54) is 20.0 Å². The third-order valence-electron chi connectivity index (χ3n) is 4.12. The maximum atomic E-state index is 12.5. The van der Waals surface area contributed by atoms with Gasteiger partial charge in [-0.2, -0.15) is 0 Å². The predicted octanol–water partition coefficient (Wildman–Crippen LogP) is 3.58. The number of carbonyl (C=O) groups is 2. The molecule has 1 aliphatic rings. The predicted molar refractivity (Wildman–Crippen MR) is 86.7 cm³/mol. The molecule has 22 heavy (non-hydrogen) atoms. The Morgan fingerprint density at radius 2 is 2.05 bits per heavy atom. The molecule has 4 heteroatoms. The first-order chi connectivity index (χ1) is 10.7. The molecule has 1 atom stereocenters. The molecule has 2 rings (SSSR count). The first-order valence-electron chi connectivity index (χ1n) is 7.81. The first-order valence-corrected chi connectivity index (χ1v) is 7.81. The Kier molecular flexibility index (Phi) is 5.36. The summed E-state index contributed by atoms with van der Waals surface area (Å²) < 4.78 is 4.93. The van der Waals surface area contributed by atoms with Crippen LogP contribution in [0.15, 0.2) is 36.4 Å². The van der Waals surface area contributed by atoms with Crippen molar-refractivity contribution in [3.63, 3.8) is 0 Å². The average molecular weight is 301 g/mol. The molecule has 1 aliphatic heterocycles. The molecule has 1 amide bonds. The Balaban J connectivity index is 2.23. The van der Waals surface area contributed by atoms with Crippen molar-refractivity contribution in [3.05, 3.63) is 42.0 Å². The van der Waals surface area contributed by atoms with E-state index in [2.05, 4.69) is 18.3 Å². The van der Waals surface area contributed by atoms with Gasteiger partial charge in [-0.15, -0.1) is 0 Å². The molecule has 1 N–H and O–H groups in total. The monoisotopic (exact) mass is 301 g/mol. The molecule has 1 aromatic carbocycles. The van der Waals surface area contributed by atoms with Gasteiger partial charge in [-0.3, -0.25) is 9.59 Å². The molecule has 0 bridgehead atoms. The van der Waals surface area contributed by atoms with Gasteiger partial charge in [0.05, 0.1) is 7.11 Å². The van der Waals surface area contributed by atoms with Crippen LogP contribution < -0.4 is 5.32 Å². The number of unbranched alkanes of at least 4 members (excludes halogenated alkanes) is 3. The van der Waals surface area contributed by atoms with E-state index in [1.807, 2.05) is 30.3 Å². The molecular formula is C18H23NO3. The van der Waals surface area contributed by atoms with Gasteiger partial charge in [-0.1, -0.05) is 50.1 Å². The number of nitrogens with one attached hydrogen (secondary N) is 1. The molecule has 0 spiro atoms. The van der Waals surface area contributed by atoms with Crippen LogP contribution >= 0.6 is 0 Å². The van der Waals surface area contributed by atoms with Gasteiger partial charge in [-0.25, -0.2) is 0 Å². The second kappa shape index (κ2) is 7.25. The molecule has 0 saturated heterocycles. The fraction of sp³-hybridized carbons (Fsp3) is 0.444. The highest BCUT2D eigenvalue weighted by atomic mass is 16.5. The van der Waals surface area contributed by atoms with Crippen molar-refractivity contribution < 1.29 is 14.3 Å². The number of carbonyl (C=O) groups excluding carboxylic acids is 2. The van der Waals surface area contributed by atoms with E-state index in [4.69, 9.17) is 4.74 Å². The van der Waals surface area contributed by atoms with Gasteiger partial charge in [0.1, 0.15) is 0 Å². The van der Waals surface area contributed by atoms with E-state index in [-0.39, 0.29) is 5.91 Å². The smallest absolute Gasteiger partial charge is 0.326 e. The minimum absolute atomic E-state index is 0.307. The number of amides is 1. The molecule has 0 radical (unpaired) electrons. The van der Waals surface area contributed by atoms with E-state index in [0.717, 1.165) is 12.8 Å². The normalized spacial score (nSPS) is 20.0. The van der Waals surface area contributed by atoms with Crippen LogP contribution in [-0.4, -0.2) is 19.0 Å². The summed E-state index contributed by atoms with van der Waals surface area (Å²) in [5.41, 5.74) is 0.134. The Morgan fingerprint density at radius 3 is 2.77 bits per heavy atom. The Hall–Kier alpha value is -2.10. The summed E-state index contributed by atoms with van der Waals surface area (Å²) in [5.74, 6) is -0.813. The van der Waals surface area contributed by atoms with Gasteiger partial charge in [0.25, 0.3) is 0 Å². The summed E-state index contributed by atoms with van der Waals surface area (Å²) >= 11 is 0. The lowest BCUT2D eigenvalue weighted by Gasteiger charge is -2.22. The summed E-state index contributed by atoms with van der Waals surface area (Å²) in [6, 6.07) is 7.30. The topological polar surface area (TPSA) is 55.4 Å². The van der Waals surface area contributed by atoms with Crippen molar-refractivity contribution in [2.75, 3.05) is 12.4 Å². The number of fused-ring (bicyclic) bond motifs is 1. The van der Waals surface area contributed by atoms with Gasteiger partial charge in [0.2, 0.25) is 5.91 Å². The number of benzene rings is 1. The maximum Gasteiger partial charge on any atom is 0.326 e. The van der Waals surface area contributed by atoms with Crippen LogP contribution in [0, 0.1) is 0 Å². The number of methoxy groups -OCH3 is 1. The molecule has 0 fully saturated rings. The molecule has 0 aliphatic carbocycles. The standard InChI is InChI=1S/C18H23NO3/c1-3-4-5-6-7-10-13-18(17(21)22-2)14-11-8-9-12-15(14)19-16(18)20/h7-12H,3-6,13H2,1-2H3,(H,19,20)/b10-7+/t18-/m0/s1. The highest BCUT2D eigenvalue weighted by Gasteiger charge is 2.53. The summed E-state index contributed by atoms with van der Waals surface area (Å²) in [4.78, 5) is 24.8. The van der Waals surface area contributed by atoms with Crippen LogP contribution in [0.3, 0.4) is 0 Å².